The van der Waals surface area contributed by atoms with Crippen LogP contribution in [0.5, 0.6) is 0 Å². The SMILES string of the molecule is C=CCCCC(=O)COC(=O)C(=[N+]=[N-])C(=O)OC(C)(C)C. The number of esters is 2. The summed E-state index contributed by atoms with van der Waals surface area (Å²) >= 11 is 0. The highest BCUT2D eigenvalue weighted by molar-refractivity contribution is 6.60. The lowest BCUT2D eigenvalue weighted by atomic mass is 10.2. The van der Waals surface area contributed by atoms with Crippen molar-refractivity contribution in [2.45, 2.75) is 45.6 Å². The molecule has 0 radical (unpaired) electrons. The molecule has 0 unspecified atom stereocenters. The molecule has 0 aromatic carbocycles. The molecule has 0 atom stereocenters. The normalized spacial score (nSPS) is 10.2. The van der Waals surface area contributed by atoms with Crippen molar-refractivity contribution in [3.63, 3.8) is 0 Å². The van der Waals surface area contributed by atoms with Gasteiger partial charge in [0.1, 0.15) is 5.60 Å². The molecule has 0 heterocycles. The molecule has 0 aliphatic rings. The van der Waals surface area contributed by atoms with Crippen LogP contribution in [0.3, 0.4) is 0 Å². The van der Waals surface area contributed by atoms with Crippen molar-refractivity contribution in [1.29, 1.82) is 0 Å². The zero-order valence-electron chi connectivity index (χ0n) is 12.5. The Bertz CT molecular complexity index is 470. The van der Waals surface area contributed by atoms with Crippen molar-refractivity contribution in [2.24, 2.45) is 0 Å². The Balaban J connectivity index is 4.42. The molecule has 21 heavy (non-hydrogen) atoms. The van der Waals surface area contributed by atoms with Crippen LogP contribution in [-0.2, 0) is 23.9 Å². The molecule has 0 bridgehead atoms. The number of hydrogen-bond acceptors (Lipinski definition) is 5. The van der Waals surface area contributed by atoms with Crippen molar-refractivity contribution in [3.05, 3.63) is 18.2 Å². The first-order chi connectivity index (χ1) is 9.71. The van der Waals surface area contributed by atoms with Gasteiger partial charge >= 0.3 is 17.7 Å². The van der Waals surface area contributed by atoms with Crippen molar-refractivity contribution < 1.29 is 28.6 Å². The number of hydrogen-bond donors (Lipinski definition) is 0. The summed E-state index contributed by atoms with van der Waals surface area (Å²) in [5.41, 5.74) is 6.94. The van der Waals surface area contributed by atoms with Crippen molar-refractivity contribution in [1.82, 2.24) is 0 Å². The summed E-state index contributed by atoms with van der Waals surface area (Å²) < 4.78 is 9.49. The summed E-state index contributed by atoms with van der Waals surface area (Å²) in [7, 11) is 0. The van der Waals surface area contributed by atoms with Crippen molar-refractivity contribution in [2.75, 3.05) is 6.61 Å². The number of ether oxygens (including phenoxy) is 2. The summed E-state index contributed by atoms with van der Waals surface area (Å²) in [6.45, 7) is 7.81. The maximum absolute atomic E-state index is 11.6. The minimum absolute atomic E-state index is 0.233. The Morgan fingerprint density at radius 3 is 2.33 bits per heavy atom. The number of carbonyl (C=O) groups is 3. The van der Waals surface area contributed by atoms with Gasteiger partial charge in [0, 0.05) is 6.42 Å². The van der Waals surface area contributed by atoms with Gasteiger partial charge in [0.2, 0.25) is 0 Å². The van der Waals surface area contributed by atoms with E-state index in [4.69, 9.17) is 10.3 Å². The fourth-order valence-corrected chi connectivity index (χ4v) is 1.22. The average Bonchev–Trinajstić information content (AvgIpc) is 2.35. The van der Waals surface area contributed by atoms with E-state index in [2.05, 4.69) is 16.1 Å². The smallest absolute Gasteiger partial charge is 0.451 e. The third-order valence-corrected chi connectivity index (χ3v) is 2.11. The van der Waals surface area contributed by atoms with Crippen LogP contribution in [-0.4, -0.2) is 40.4 Å². The van der Waals surface area contributed by atoms with E-state index in [0.717, 1.165) is 0 Å². The van der Waals surface area contributed by atoms with Crippen LogP contribution in [0.4, 0.5) is 0 Å². The highest BCUT2D eigenvalue weighted by atomic mass is 16.6. The topological polar surface area (TPSA) is 106 Å². The Morgan fingerprint density at radius 1 is 1.24 bits per heavy atom. The molecule has 116 valence electrons. The maximum Gasteiger partial charge on any atom is 0.482 e. The summed E-state index contributed by atoms with van der Waals surface area (Å²) in [5, 5.41) is 0. The first-order valence-corrected chi connectivity index (χ1v) is 6.46. The minimum atomic E-state index is -1.20. The highest BCUT2D eigenvalue weighted by Gasteiger charge is 2.36. The highest BCUT2D eigenvalue weighted by Crippen LogP contribution is 2.07. The number of carbonyl (C=O) groups excluding carboxylic acids is 3. The fourth-order valence-electron chi connectivity index (χ4n) is 1.22. The first kappa shape index (κ1) is 18.7. The van der Waals surface area contributed by atoms with Gasteiger partial charge < -0.3 is 15.0 Å². The van der Waals surface area contributed by atoms with Gasteiger partial charge in [-0.3, -0.25) is 4.79 Å². The second-order valence-electron chi connectivity index (χ2n) is 5.25. The van der Waals surface area contributed by atoms with Crippen LogP contribution < -0.4 is 0 Å². The monoisotopic (exact) mass is 296 g/mol. The summed E-state index contributed by atoms with van der Waals surface area (Å²) in [4.78, 5) is 37.1. The first-order valence-electron chi connectivity index (χ1n) is 6.46. The maximum atomic E-state index is 11.6. The van der Waals surface area contributed by atoms with Crippen LogP contribution >= 0.6 is 0 Å². The summed E-state index contributed by atoms with van der Waals surface area (Å²) in [6, 6.07) is 0. The second-order valence-corrected chi connectivity index (χ2v) is 5.25. The predicted molar refractivity (Wildman–Crippen MR) is 74.5 cm³/mol. The van der Waals surface area contributed by atoms with Gasteiger partial charge in [0.05, 0.1) is 0 Å². The van der Waals surface area contributed by atoms with E-state index < -0.39 is 29.9 Å². The molecule has 0 saturated carbocycles. The molecule has 0 aromatic heterocycles. The van der Waals surface area contributed by atoms with Gasteiger partial charge in [-0.25, -0.2) is 9.59 Å². The molecule has 7 nitrogen and oxygen atoms in total. The fraction of sp³-hybridized carbons (Fsp3) is 0.571. The van der Waals surface area contributed by atoms with E-state index in [1.165, 1.54) is 0 Å². The molecule has 0 N–H and O–H groups in total. The van der Waals surface area contributed by atoms with E-state index in [-0.39, 0.29) is 12.2 Å². The molecule has 0 saturated heterocycles. The third kappa shape index (κ3) is 8.49. The van der Waals surface area contributed by atoms with Crippen molar-refractivity contribution in [3.8, 4) is 0 Å². The molecule has 7 heteroatoms. The van der Waals surface area contributed by atoms with Gasteiger partial charge in [-0.2, -0.15) is 4.79 Å². The lowest BCUT2D eigenvalue weighted by Gasteiger charge is -2.17. The third-order valence-electron chi connectivity index (χ3n) is 2.11. The Morgan fingerprint density at radius 2 is 1.86 bits per heavy atom. The molecule has 0 amide bonds. The van der Waals surface area contributed by atoms with Gasteiger partial charge in [-0.1, -0.05) is 6.08 Å². The number of unbranched alkanes of at least 4 members (excludes halogenated alkanes) is 1. The van der Waals surface area contributed by atoms with Crippen LogP contribution in [0.15, 0.2) is 12.7 Å². The number of Topliss-reactive ketones (excluding diaryl/α,β-unsaturated/α-hetero) is 1. The number of ketones is 1. The second kappa shape index (κ2) is 8.81. The van der Waals surface area contributed by atoms with Crippen LogP contribution in [0.25, 0.3) is 5.53 Å². The largest absolute Gasteiger partial charge is 0.482 e. The van der Waals surface area contributed by atoms with Gasteiger partial charge in [-0.15, -0.1) is 6.58 Å². The lowest BCUT2D eigenvalue weighted by Crippen LogP contribution is -2.35. The zero-order valence-corrected chi connectivity index (χ0v) is 12.5. The molecule has 0 rings (SSSR count). The Hall–Kier alpha value is -2.27. The molecular formula is C14H20N2O5. The lowest BCUT2D eigenvalue weighted by molar-refractivity contribution is -0.157. The van der Waals surface area contributed by atoms with Crippen LogP contribution in [0, 0.1) is 0 Å². The number of rotatable bonds is 8. The number of nitrogens with zero attached hydrogens (tertiary/aromatic N) is 2. The molecule has 0 fully saturated rings. The average molecular weight is 296 g/mol. The van der Waals surface area contributed by atoms with Crippen LogP contribution in [0.2, 0.25) is 0 Å². The minimum Gasteiger partial charge on any atom is -0.451 e. The van der Waals surface area contributed by atoms with Crippen molar-refractivity contribution >= 4 is 23.4 Å². The Kier molecular flexibility index (Phi) is 7.86. The molecule has 0 aliphatic carbocycles. The Labute approximate surface area is 123 Å². The van der Waals surface area contributed by atoms with E-state index >= 15 is 0 Å². The quantitative estimate of drug-likeness (QED) is 0.128. The van der Waals surface area contributed by atoms with Crippen LogP contribution in [0.1, 0.15) is 40.0 Å². The van der Waals surface area contributed by atoms with Gasteiger partial charge in [-0.05, 0) is 33.6 Å². The van der Waals surface area contributed by atoms with Gasteiger partial charge in [0.15, 0.2) is 12.4 Å². The standard InChI is InChI=1S/C14H20N2O5/c1-5-6-7-8-10(17)9-20-12(18)11(16-15)13(19)21-14(2,3)4/h5H,1,6-9H2,2-4H3. The van der Waals surface area contributed by atoms with E-state index in [1.807, 2.05) is 0 Å². The number of allylic oxidation sites excluding steroid dienone is 1. The van der Waals surface area contributed by atoms with E-state index in [0.29, 0.717) is 12.8 Å². The predicted octanol–water partition coefficient (Wildman–Crippen LogP) is 1.47. The molecule has 0 aliphatic heterocycles. The zero-order chi connectivity index (χ0) is 16.5. The molecule has 0 spiro atoms. The van der Waals surface area contributed by atoms with Gasteiger partial charge in [0.25, 0.3) is 0 Å². The molecule has 0 aromatic rings. The summed E-state index contributed by atoms with van der Waals surface area (Å²) in [6.07, 6.45) is 3.20. The van der Waals surface area contributed by atoms with E-state index in [1.54, 1.807) is 26.8 Å². The molecular weight excluding hydrogens is 276 g/mol. The van der Waals surface area contributed by atoms with E-state index in [9.17, 15) is 14.4 Å². The summed E-state index contributed by atoms with van der Waals surface area (Å²) in [5.74, 6) is -2.62.